The van der Waals surface area contributed by atoms with Crippen molar-refractivity contribution in [1.82, 2.24) is 0 Å². The summed E-state index contributed by atoms with van der Waals surface area (Å²) in [6.45, 7) is 0. The van der Waals surface area contributed by atoms with Crippen LogP contribution in [0.2, 0.25) is 5.02 Å². The molecule has 9 heavy (non-hydrogen) atoms. The van der Waals surface area contributed by atoms with Crippen molar-refractivity contribution in [3.8, 4) is 5.75 Å². The number of aromatic hydroxyl groups is 1. The molecule has 0 heterocycles. The molecule has 0 unspecified atom stereocenters. The third-order valence-electron chi connectivity index (χ3n) is 1.19. The number of rotatable bonds is 0. The first-order valence-corrected chi connectivity index (χ1v) is 3.03. The molecule has 3 heteroatoms. The topological polar surface area (TPSA) is 20.2 Å². The van der Waals surface area contributed by atoms with Crippen molar-refractivity contribution in [3.05, 3.63) is 23.2 Å². The fraction of sp³-hybridized carbons (Fsp3) is 0. The summed E-state index contributed by atoms with van der Waals surface area (Å²) < 4.78 is 0. The van der Waals surface area contributed by atoms with Crippen LogP contribution in [0.1, 0.15) is 0 Å². The maximum absolute atomic E-state index is 9.07. The lowest BCUT2D eigenvalue weighted by Crippen LogP contribution is -2.00. The van der Waals surface area contributed by atoms with E-state index in [-0.39, 0.29) is 5.75 Å². The Morgan fingerprint density at radius 1 is 1.44 bits per heavy atom. The average Bonchev–Trinajstić information content (AvgIpc) is 1.83. The van der Waals surface area contributed by atoms with Gasteiger partial charge in [0, 0.05) is 0 Å². The number of halogens is 1. The number of phenols is 1. The Kier molecular flexibility index (Phi) is 1.67. The summed E-state index contributed by atoms with van der Waals surface area (Å²) in [6.07, 6.45) is 0. The smallest absolute Gasteiger partial charge is 0.144 e. The Hall–Kier alpha value is -0.625. The zero-order valence-corrected chi connectivity index (χ0v) is 5.81. The Morgan fingerprint density at radius 3 is 2.56 bits per heavy atom. The minimum Gasteiger partial charge on any atom is -0.507 e. The van der Waals surface area contributed by atoms with Crippen molar-refractivity contribution in [2.45, 2.75) is 0 Å². The van der Waals surface area contributed by atoms with E-state index in [1.807, 2.05) is 0 Å². The first-order chi connectivity index (χ1) is 4.22. The van der Waals surface area contributed by atoms with Crippen molar-refractivity contribution in [3.63, 3.8) is 0 Å². The highest BCUT2D eigenvalue weighted by Crippen LogP contribution is 2.17. The minimum absolute atomic E-state index is 0.180. The molecule has 1 nitrogen and oxygen atoms in total. The van der Waals surface area contributed by atoms with Crippen LogP contribution in [0.3, 0.4) is 0 Å². The molecule has 0 atom stereocenters. The molecule has 0 amide bonds. The lowest BCUT2D eigenvalue weighted by atomic mass is 9.95. The fourth-order valence-electron chi connectivity index (χ4n) is 0.623. The van der Waals surface area contributed by atoms with Gasteiger partial charge in [-0.2, -0.15) is 0 Å². The van der Waals surface area contributed by atoms with Gasteiger partial charge < -0.3 is 5.11 Å². The van der Waals surface area contributed by atoms with Crippen LogP contribution >= 0.6 is 11.6 Å². The monoisotopic (exact) mass is 140 g/mol. The highest BCUT2D eigenvalue weighted by atomic mass is 35.5. The van der Waals surface area contributed by atoms with E-state index in [2.05, 4.69) is 0 Å². The molecule has 1 aromatic rings. The zero-order valence-electron chi connectivity index (χ0n) is 5.06. The number of phenolic OH excluding ortho intramolecular Hbond substituents is 1. The van der Waals surface area contributed by atoms with Gasteiger partial charge in [0.15, 0.2) is 0 Å². The SMILES string of the molecule is Bc1cccc(Cl)c1O. The first-order valence-electron chi connectivity index (χ1n) is 2.66. The van der Waals surface area contributed by atoms with Crippen LogP contribution in [0.25, 0.3) is 0 Å². The van der Waals surface area contributed by atoms with E-state index in [0.29, 0.717) is 5.02 Å². The summed E-state index contributed by atoms with van der Waals surface area (Å²) >= 11 is 5.56. The highest BCUT2D eigenvalue weighted by Gasteiger charge is 1.97. The molecule has 0 aliphatic carbocycles. The van der Waals surface area contributed by atoms with Gasteiger partial charge in [-0.15, -0.1) is 0 Å². The summed E-state index contributed by atoms with van der Waals surface area (Å²) in [5, 5.41) is 9.49. The maximum atomic E-state index is 9.07. The van der Waals surface area contributed by atoms with E-state index < -0.39 is 0 Å². The van der Waals surface area contributed by atoms with Crippen molar-refractivity contribution in [1.29, 1.82) is 0 Å². The summed E-state index contributed by atoms with van der Waals surface area (Å²) in [6, 6.07) is 5.27. The molecule has 1 rings (SSSR count). The maximum Gasteiger partial charge on any atom is 0.144 e. The predicted molar refractivity (Wildman–Crippen MR) is 41.3 cm³/mol. The van der Waals surface area contributed by atoms with Crippen molar-refractivity contribution in [2.24, 2.45) is 0 Å². The molecular formula is C6H6BClO. The van der Waals surface area contributed by atoms with Gasteiger partial charge >= 0.3 is 0 Å². The minimum atomic E-state index is 0.180. The second kappa shape index (κ2) is 2.32. The lowest BCUT2D eigenvalue weighted by Gasteiger charge is -1.97. The molecule has 0 aliphatic heterocycles. The Bertz CT molecular complexity index is 204. The fourth-order valence-corrected chi connectivity index (χ4v) is 0.845. The average molecular weight is 140 g/mol. The molecule has 0 fully saturated rings. The molecule has 0 bridgehead atoms. The summed E-state index contributed by atoms with van der Waals surface area (Å²) in [4.78, 5) is 0. The quantitative estimate of drug-likeness (QED) is 0.514. The van der Waals surface area contributed by atoms with Gasteiger partial charge in [0.2, 0.25) is 0 Å². The Morgan fingerprint density at radius 2 is 2.11 bits per heavy atom. The third-order valence-corrected chi connectivity index (χ3v) is 1.49. The van der Waals surface area contributed by atoms with Crippen molar-refractivity contribution in [2.75, 3.05) is 0 Å². The van der Waals surface area contributed by atoms with Crippen LogP contribution in [0.4, 0.5) is 0 Å². The van der Waals surface area contributed by atoms with Crippen molar-refractivity contribution < 1.29 is 5.11 Å². The van der Waals surface area contributed by atoms with Gasteiger partial charge in [-0.1, -0.05) is 23.7 Å². The zero-order chi connectivity index (χ0) is 6.85. The number of hydrogen-bond acceptors (Lipinski definition) is 1. The predicted octanol–water partition coefficient (Wildman–Crippen LogP) is 0.304. The second-order valence-electron chi connectivity index (χ2n) is 1.91. The van der Waals surface area contributed by atoms with Gasteiger partial charge in [-0.05, 0) is 11.5 Å². The van der Waals surface area contributed by atoms with E-state index in [0.717, 1.165) is 5.46 Å². The van der Waals surface area contributed by atoms with Crippen LogP contribution in [0, 0.1) is 0 Å². The van der Waals surface area contributed by atoms with Crippen molar-refractivity contribution >= 4 is 24.9 Å². The molecule has 1 N–H and O–H groups in total. The van der Waals surface area contributed by atoms with Gasteiger partial charge in [-0.3, -0.25) is 0 Å². The molecule has 1 aromatic carbocycles. The van der Waals surface area contributed by atoms with Crippen LogP contribution in [0.5, 0.6) is 5.75 Å². The van der Waals surface area contributed by atoms with Crippen LogP contribution in [0.15, 0.2) is 18.2 Å². The van der Waals surface area contributed by atoms with Gasteiger partial charge in [0.05, 0.1) is 5.02 Å². The van der Waals surface area contributed by atoms with Crippen LogP contribution < -0.4 is 5.46 Å². The second-order valence-corrected chi connectivity index (χ2v) is 2.31. The number of hydrogen-bond donors (Lipinski definition) is 1. The van der Waals surface area contributed by atoms with E-state index in [1.54, 1.807) is 26.0 Å². The molecular weight excluding hydrogens is 134 g/mol. The van der Waals surface area contributed by atoms with Crippen LogP contribution in [-0.4, -0.2) is 13.0 Å². The molecule has 0 spiro atoms. The van der Waals surface area contributed by atoms with E-state index in [1.165, 1.54) is 0 Å². The molecule has 0 saturated carbocycles. The molecule has 0 radical (unpaired) electrons. The number of para-hydroxylation sites is 1. The summed E-state index contributed by atoms with van der Waals surface area (Å²) in [5.74, 6) is 0.180. The van der Waals surface area contributed by atoms with Gasteiger partial charge in [-0.25, -0.2) is 0 Å². The molecule has 0 aliphatic rings. The van der Waals surface area contributed by atoms with E-state index in [9.17, 15) is 0 Å². The number of benzene rings is 1. The Labute approximate surface area is 59.7 Å². The van der Waals surface area contributed by atoms with E-state index in [4.69, 9.17) is 16.7 Å². The van der Waals surface area contributed by atoms with Gasteiger partial charge in [0.25, 0.3) is 0 Å². The van der Waals surface area contributed by atoms with Gasteiger partial charge in [0.1, 0.15) is 13.6 Å². The van der Waals surface area contributed by atoms with E-state index >= 15 is 0 Å². The summed E-state index contributed by atoms with van der Waals surface area (Å²) in [5.41, 5.74) is 0.808. The molecule has 46 valence electrons. The standard InChI is InChI=1S/C6H6BClO/c7-4-2-1-3-5(8)6(4)9/h1-3,9H,7H2. The normalized spacial score (nSPS) is 9.44. The summed E-state index contributed by atoms with van der Waals surface area (Å²) in [7, 11) is 1.81. The third kappa shape index (κ3) is 1.19. The molecule has 0 saturated heterocycles. The largest absolute Gasteiger partial charge is 0.507 e. The highest BCUT2D eigenvalue weighted by molar-refractivity contribution is 6.39. The lowest BCUT2D eigenvalue weighted by molar-refractivity contribution is 0.480. The molecule has 0 aromatic heterocycles. The van der Waals surface area contributed by atoms with Crippen LogP contribution in [-0.2, 0) is 0 Å². The Balaban J connectivity index is 3.25. The first kappa shape index (κ1) is 6.49.